The quantitative estimate of drug-likeness (QED) is 0.0430. The minimum atomic E-state index is -1.39. The molecule has 0 saturated heterocycles. The van der Waals surface area contributed by atoms with Crippen molar-refractivity contribution in [3.05, 3.63) is 24.3 Å². The molecule has 0 spiro atoms. The Morgan fingerprint density at radius 3 is 1.93 bits per heavy atom. The van der Waals surface area contributed by atoms with Gasteiger partial charge >= 0.3 is 11.9 Å². The molecule has 0 radical (unpaired) electrons. The highest BCUT2D eigenvalue weighted by Gasteiger charge is 2.18. The Hall–Kier alpha value is -2.68. The lowest BCUT2D eigenvalue weighted by Gasteiger charge is -2.15. The third-order valence-electron chi connectivity index (χ3n) is 7.17. The van der Waals surface area contributed by atoms with Crippen molar-refractivity contribution in [2.75, 3.05) is 13.2 Å². The van der Waals surface area contributed by atoms with Gasteiger partial charge in [0.15, 0.2) is 0 Å². The molecule has 0 fully saturated rings. The van der Waals surface area contributed by atoms with Crippen LogP contribution in [0.1, 0.15) is 142 Å². The number of unbranched alkanes of at least 4 members (excludes halogenated alkanes) is 13. The van der Waals surface area contributed by atoms with Gasteiger partial charge in [-0.2, -0.15) is 0 Å². The smallest absolute Gasteiger partial charge is 0.328 e. The molecule has 2 atom stereocenters. The van der Waals surface area contributed by atoms with Crippen LogP contribution in [0.2, 0.25) is 0 Å². The van der Waals surface area contributed by atoms with E-state index in [-0.39, 0.29) is 30.9 Å². The Bertz CT molecular complexity index is 798. The van der Waals surface area contributed by atoms with E-state index in [1.54, 1.807) is 0 Å². The number of nitrogens with one attached hydrogen (secondary N) is 2. The summed E-state index contributed by atoms with van der Waals surface area (Å²) in [6.45, 7) is 3.32. The van der Waals surface area contributed by atoms with Crippen LogP contribution < -0.4 is 10.6 Å². The van der Waals surface area contributed by atoms with Crippen molar-refractivity contribution in [3.8, 4) is 0 Å². The molecule has 0 bridgehead atoms. The van der Waals surface area contributed by atoms with Gasteiger partial charge in [-0.05, 0) is 44.6 Å². The number of carboxylic acids is 1. The van der Waals surface area contributed by atoms with Crippen LogP contribution in [0.3, 0.4) is 0 Å². The summed E-state index contributed by atoms with van der Waals surface area (Å²) >= 11 is 0. The average Bonchev–Trinajstić information content (AvgIpc) is 2.98. The van der Waals surface area contributed by atoms with E-state index in [1.165, 1.54) is 51.4 Å². The van der Waals surface area contributed by atoms with Crippen LogP contribution in [0.5, 0.6) is 0 Å². The lowest BCUT2D eigenvalue weighted by molar-refractivity contribution is -0.147. The molecule has 248 valence electrons. The highest BCUT2D eigenvalue weighted by atomic mass is 16.5. The number of ether oxygens (including phenoxy) is 1. The van der Waals surface area contributed by atoms with E-state index in [9.17, 15) is 19.2 Å². The van der Waals surface area contributed by atoms with Gasteiger partial charge in [0.2, 0.25) is 11.8 Å². The van der Waals surface area contributed by atoms with E-state index in [4.69, 9.17) is 14.9 Å². The molecule has 43 heavy (non-hydrogen) atoms. The maximum Gasteiger partial charge on any atom is 0.328 e. The van der Waals surface area contributed by atoms with Crippen molar-refractivity contribution in [1.29, 1.82) is 0 Å². The van der Waals surface area contributed by atoms with E-state index in [0.29, 0.717) is 12.8 Å². The third kappa shape index (κ3) is 26.7. The minimum Gasteiger partial charge on any atom is -0.480 e. The van der Waals surface area contributed by atoms with Gasteiger partial charge < -0.3 is 25.6 Å². The van der Waals surface area contributed by atoms with Crippen LogP contribution in [-0.2, 0) is 23.9 Å². The normalized spacial score (nSPS) is 12.8. The van der Waals surface area contributed by atoms with Gasteiger partial charge in [0.1, 0.15) is 12.1 Å². The fourth-order valence-electron chi connectivity index (χ4n) is 4.55. The molecule has 0 aromatic carbocycles. The maximum absolute atomic E-state index is 12.5. The molecule has 0 aliphatic heterocycles. The van der Waals surface area contributed by atoms with Crippen molar-refractivity contribution in [1.82, 2.24) is 10.6 Å². The Morgan fingerprint density at radius 1 is 0.721 bits per heavy atom. The van der Waals surface area contributed by atoms with Crippen LogP contribution in [0, 0.1) is 0 Å². The topological polar surface area (TPSA) is 142 Å². The summed E-state index contributed by atoms with van der Waals surface area (Å²) in [6.07, 6.45) is 28.1. The van der Waals surface area contributed by atoms with Crippen molar-refractivity contribution in [2.45, 2.75) is 154 Å². The summed E-state index contributed by atoms with van der Waals surface area (Å²) < 4.78 is 5.81. The number of aliphatic carboxylic acids is 1. The number of carbonyl (C=O) groups excluding carboxylic acids is 3. The third-order valence-corrected chi connectivity index (χ3v) is 7.17. The molecule has 0 aliphatic carbocycles. The van der Waals surface area contributed by atoms with E-state index in [2.05, 4.69) is 42.7 Å². The predicted molar refractivity (Wildman–Crippen MR) is 172 cm³/mol. The van der Waals surface area contributed by atoms with Gasteiger partial charge in [0.25, 0.3) is 0 Å². The summed E-state index contributed by atoms with van der Waals surface area (Å²) in [5.41, 5.74) is 0. The lowest BCUT2D eigenvalue weighted by atomic mass is 10.1. The molecule has 0 heterocycles. The summed E-state index contributed by atoms with van der Waals surface area (Å²) in [6, 6.07) is -1.39. The number of rotatable bonds is 29. The van der Waals surface area contributed by atoms with Gasteiger partial charge in [-0.1, -0.05) is 109 Å². The van der Waals surface area contributed by atoms with Gasteiger partial charge in [0.05, 0.1) is 13.2 Å². The van der Waals surface area contributed by atoms with Crippen molar-refractivity contribution < 1.29 is 34.1 Å². The molecule has 0 rings (SSSR count). The fourth-order valence-corrected chi connectivity index (χ4v) is 4.55. The van der Waals surface area contributed by atoms with Gasteiger partial charge in [-0.3, -0.25) is 14.4 Å². The first-order chi connectivity index (χ1) is 20.8. The maximum atomic E-state index is 12.5. The zero-order valence-corrected chi connectivity index (χ0v) is 27.0. The molecular weight excluding hydrogens is 548 g/mol. The highest BCUT2D eigenvalue weighted by Crippen LogP contribution is 2.15. The summed E-state index contributed by atoms with van der Waals surface area (Å²) in [4.78, 5) is 47.1. The molecule has 0 aromatic rings. The first-order valence-corrected chi connectivity index (χ1v) is 16.7. The number of carboxylic acid groups (broad SMARTS) is 1. The fraction of sp³-hybridized carbons (Fsp3) is 0.765. The standard InChI is InChI=1S/C34H60N2O7/c1-3-5-7-9-11-12-13-14-16-22-26-33(40)43-29(23-19-15-10-8-6-4-2)24-20-17-18-21-25-31(38)35-27-32(39)36-30(28-37)34(41)42/h8,10,19,23,29-30,37H,3-7,9,11-18,20-22,24-28H2,1-2H3,(H,35,38)(H,36,39)(H,41,42)/b10-8-,23-19-. The predicted octanol–water partition coefficient (Wildman–Crippen LogP) is 6.53. The Labute approximate surface area is 260 Å². The highest BCUT2D eigenvalue weighted by molar-refractivity contribution is 5.87. The number of hydrogen-bond donors (Lipinski definition) is 4. The number of esters is 1. The van der Waals surface area contributed by atoms with Crippen molar-refractivity contribution in [3.63, 3.8) is 0 Å². The molecule has 0 aromatic heterocycles. The average molecular weight is 609 g/mol. The summed E-state index contributed by atoms with van der Waals surface area (Å²) in [5, 5.41) is 22.4. The molecule has 9 nitrogen and oxygen atoms in total. The van der Waals surface area contributed by atoms with Crippen LogP contribution in [0.4, 0.5) is 0 Å². The minimum absolute atomic E-state index is 0.134. The largest absolute Gasteiger partial charge is 0.480 e. The second-order valence-electron chi connectivity index (χ2n) is 11.3. The number of carbonyl (C=O) groups is 4. The molecular formula is C34H60N2O7. The Morgan fingerprint density at radius 2 is 1.33 bits per heavy atom. The zero-order chi connectivity index (χ0) is 32.0. The number of allylic oxidation sites excluding steroid dienone is 3. The molecule has 2 unspecified atom stereocenters. The Kier molecular flexibility index (Phi) is 27.6. The Balaban J connectivity index is 4.28. The van der Waals surface area contributed by atoms with Crippen molar-refractivity contribution in [2.24, 2.45) is 0 Å². The van der Waals surface area contributed by atoms with E-state index >= 15 is 0 Å². The zero-order valence-electron chi connectivity index (χ0n) is 27.0. The monoisotopic (exact) mass is 608 g/mol. The SMILES string of the molecule is CCC/C=C\C/C=C\C(CCCCCCC(=O)NCC(=O)NC(CO)C(=O)O)OC(=O)CCCCCCCCCCCC. The second-order valence-corrected chi connectivity index (χ2v) is 11.3. The first kappa shape index (κ1) is 40.3. The lowest BCUT2D eigenvalue weighted by Crippen LogP contribution is -2.47. The van der Waals surface area contributed by atoms with E-state index in [0.717, 1.165) is 57.8 Å². The number of aliphatic hydroxyl groups excluding tert-OH is 1. The molecule has 0 saturated carbocycles. The summed E-state index contributed by atoms with van der Waals surface area (Å²) in [7, 11) is 0. The molecule has 2 amide bonds. The first-order valence-electron chi connectivity index (χ1n) is 16.7. The number of aliphatic hydroxyl groups is 1. The van der Waals surface area contributed by atoms with Gasteiger partial charge in [-0.25, -0.2) is 4.79 Å². The molecule has 9 heteroatoms. The van der Waals surface area contributed by atoms with Gasteiger partial charge in [0, 0.05) is 12.8 Å². The number of hydrogen-bond acceptors (Lipinski definition) is 6. The second kappa shape index (κ2) is 29.4. The van der Waals surface area contributed by atoms with E-state index in [1.807, 2.05) is 6.08 Å². The summed E-state index contributed by atoms with van der Waals surface area (Å²) in [5.74, 6) is -2.43. The van der Waals surface area contributed by atoms with Gasteiger partial charge in [-0.15, -0.1) is 0 Å². The molecule has 0 aliphatic rings. The number of amides is 2. The van der Waals surface area contributed by atoms with Crippen LogP contribution in [0.15, 0.2) is 24.3 Å². The van der Waals surface area contributed by atoms with Crippen LogP contribution in [0.25, 0.3) is 0 Å². The molecule has 4 N–H and O–H groups in total. The van der Waals surface area contributed by atoms with Crippen LogP contribution in [-0.4, -0.2) is 59.3 Å². The van der Waals surface area contributed by atoms with E-state index < -0.39 is 24.5 Å². The van der Waals surface area contributed by atoms with Crippen molar-refractivity contribution >= 4 is 23.8 Å². The van der Waals surface area contributed by atoms with Crippen LogP contribution >= 0.6 is 0 Å².